The second kappa shape index (κ2) is 8.44. The fourth-order valence-electron chi connectivity index (χ4n) is 3.33. The molecule has 0 aromatic carbocycles. The first-order valence-corrected chi connectivity index (χ1v) is 8.60. The third-order valence-corrected chi connectivity index (χ3v) is 4.77. The standard InChI is InChI=1S/C16H30O5/c17-15(11-7-3-1-4-8-12-15)20-21-16(19-18)13-9-5-2-6-10-14-16/h17-18H,1-14H2. The van der Waals surface area contributed by atoms with Gasteiger partial charge in [-0.15, -0.1) is 0 Å². The maximum absolute atomic E-state index is 10.6. The lowest BCUT2D eigenvalue weighted by Crippen LogP contribution is -2.42. The SMILES string of the molecule is OOC1(OOC2(O)CCCCCCC2)CCCCCCC1. The van der Waals surface area contributed by atoms with Crippen LogP contribution in [0.4, 0.5) is 0 Å². The fraction of sp³-hybridized carbons (Fsp3) is 1.00. The minimum absolute atomic E-state index is 0.578. The van der Waals surface area contributed by atoms with Crippen molar-refractivity contribution in [2.24, 2.45) is 0 Å². The quantitative estimate of drug-likeness (QED) is 0.460. The molecule has 0 saturated heterocycles. The van der Waals surface area contributed by atoms with Crippen LogP contribution in [0.3, 0.4) is 0 Å². The molecule has 2 aliphatic carbocycles. The van der Waals surface area contributed by atoms with Crippen LogP contribution in [-0.4, -0.2) is 21.9 Å². The van der Waals surface area contributed by atoms with Crippen molar-refractivity contribution in [3.63, 3.8) is 0 Å². The molecule has 124 valence electrons. The normalized spacial score (nSPS) is 27.1. The van der Waals surface area contributed by atoms with E-state index in [2.05, 4.69) is 4.89 Å². The van der Waals surface area contributed by atoms with Crippen molar-refractivity contribution in [2.75, 3.05) is 0 Å². The second-order valence-electron chi connectivity index (χ2n) is 6.65. The summed E-state index contributed by atoms with van der Waals surface area (Å²) in [6.07, 6.45) is 13.0. The van der Waals surface area contributed by atoms with Gasteiger partial charge in [0, 0.05) is 25.7 Å². The molecule has 2 rings (SSSR count). The van der Waals surface area contributed by atoms with Crippen molar-refractivity contribution >= 4 is 0 Å². The van der Waals surface area contributed by atoms with E-state index in [4.69, 9.17) is 9.78 Å². The van der Waals surface area contributed by atoms with E-state index < -0.39 is 11.6 Å². The van der Waals surface area contributed by atoms with Gasteiger partial charge in [-0.05, 0) is 25.7 Å². The Balaban J connectivity index is 1.90. The number of aliphatic hydroxyl groups is 1. The molecule has 21 heavy (non-hydrogen) atoms. The van der Waals surface area contributed by atoms with Crippen LogP contribution in [-0.2, 0) is 14.7 Å². The Kier molecular flexibility index (Phi) is 6.89. The summed E-state index contributed by atoms with van der Waals surface area (Å²) in [6.45, 7) is 0. The lowest BCUT2D eigenvalue weighted by Gasteiger charge is -2.35. The fourth-order valence-corrected chi connectivity index (χ4v) is 3.33. The van der Waals surface area contributed by atoms with Gasteiger partial charge in [-0.2, -0.15) is 9.78 Å². The van der Waals surface area contributed by atoms with Crippen LogP contribution in [0.5, 0.6) is 0 Å². The Labute approximate surface area is 127 Å². The first-order valence-electron chi connectivity index (χ1n) is 8.60. The van der Waals surface area contributed by atoms with Crippen molar-refractivity contribution in [1.29, 1.82) is 0 Å². The summed E-state index contributed by atoms with van der Waals surface area (Å²) in [4.78, 5) is 15.5. The molecule has 0 radical (unpaired) electrons. The van der Waals surface area contributed by atoms with E-state index in [1.54, 1.807) is 0 Å². The molecule has 2 fully saturated rings. The van der Waals surface area contributed by atoms with Gasteiger partial charge in [-0.25, -0.2) is 10.1 Å². The molecule has 5 nitrogen and oxygen atoms in total. The molecule has 0 aliphatic heterocycles. The highest BCUT2D eigenvalue weighted by molar-refractivity contribution is 4.73. The van der Waals surface area contributed by atoms with Gasteiger partial charge in [0.25, 0.3) is 0 Å². The molecule has 2 aliphatic rings. The summed E-state index contributed by atoms with van der Waals surface area (Å²) in [5.74, 6) is -2.35. The van der Waals surface area contributed by atoms with E-state index in [1.807, 2.05) is 0 Å². The lowest BCUT2D eigenvalue weighted by atomic mass is 9.95. The Bertz CT molecular complexity index is 278. The minimum atomic E-state index is -1.24. The van der Waals surface area contributed by atoms with E-state index in [-0.39, 0.29) is 0 Å². The predicted molar refractivity (Wildman–Crippen MR) is 78.2 cm³/mol. The van der Waals surface area contributed by atoms with E-state index in [9.17, 15) is 10.4 Å². The summed E-state index contributed by atoms with van der Waals surface area (Å²) in [5, 5.41) is 19.8. The minimum Gasteiger partial charge on any atom is -0.363 e. The molecule has 2 N–H and O–H groups in total. The monoisotopic (exact) mass is 302 g/mol. The van der Waals surface area contributed by atoms with Gasteiger partial charge in [0.15, 0.2) is 5.79 Å². The Morgan fingerprint density at radius 1 is 0.571 bits per heavy atom. The molecular weight excluding hydrogens is 272 g/mol. The smallest absolute Gasteiger partial charge is 0.233 e. The zero-order valence-electron chi connectivity index (χ0n) is 13.0. The van der Waals surface area contributed by atoms with E-state index in [0.717, 1.165) is 51.4 Å². The maximum atomic E-state index is 10.6. The third kappa shape index (κ3) is 5.49. The Morgan fingerprint density at radius 3 is 1.48 bits per heavy atom. The summed E-state index contributed by atoms with van der Waals surface area (Å²) < 4.78 is 0. The molecule has 0 atom stereocenters. The number of hydrogen-bond donors (Lipinski definition) is 2. The van der Waals surface area contributed by atoms with E-state index >= 15 is 0 Å². The molecule has 0 spiro atoms. The molecule has 5 heteroatoms. The van der Waals surface area contributed by atoms with Gasteiger partial charge >= 0.3 is 0 Å². The summed E-state index contributed by atoms with van der Waals surface area (Å²) in [5.41, 5.74) is 0. The van der Waals surface area contributed by atoms with Gasteiger partial charge in [-0.3, -0.25) is 0 Å². The van der Waals surface area contributed by atoms with Gasteiger partial charge in [0.1, 0.15) is 0 Å². The average Bonchev–Trinajstić information content (AvgIpc) is 2.43. The van der Waals surface area contributed by atoms with Crippen molar-refractivity contribution in [3.05, 3.63) is 0 Å². The Hall–Kier alpha value is -0.200. The number of rotatable bonds is 4. The molecule has 0 heterocycles. The summed E-state index contributed by atoms with van der Waals surface area (Å²) >= 11 is 0. The van der Waals surface area contributed by atoms with Gasteiger partial charge in [0.2, 0.25) is 5.79 Å². The van der Waals surface area contributed by atoms with Crippen molar-refractivity contribution in [3.8, 4) is 0 Å². The zero-order chi connectivity index (χ0) is 15.0. The highest BCUT2D eigenvalue weighted by Gasteiger charge is 2.39. The summed E-state index contributed by atoms with van der Waals surface area (Å²) in [7, 11) is 0. The third-order valence-electron chi connectivity index (χ3n) is 4.77. The second-order valence-corrected chi connectivity index (χ2v) is 6.65. The highest BCUT2D eigenvalue weighted by atomic mass is 17.3. The van der Waals surface area contributed by atoms with Crippen LogP contribution in [0.1, 0.15) is 89.9 Å². The molecule has 0 aromatic rings. The van der Waals surface area contributed by atoms with Crippen molar-refractivity contribution in [1.82, 2.24) is 0 Å². The predicted octanol–water partition coefficient (Wildman–Crippen LogP) is 4.30. The molecule has 2 saturated carbocycles. The first-order chi connectivity index (χ1) is 10.2. The number of hydrogen-bond acceptors (Lipinski definition) is 5. The maximum Gasteiger partial charge on any atom is 0.233 e. The van der Waals surface area contributed by atoms with Gasteiger partial charge < -0.3 is 5.11 Å². The van der Waals surface area contributed by atoms with Crippen LogP contribution in [0.2, 0.25) is 0 Å². The first kappa shape index (κ1) is 17.2. The van der Waals surface area contributed by atoms with E-state index in [1.165, 1.54) is 12.8 Å². The Morgan fingerprint density at radius 2 is 1.00 bits per heavy atom. The molecule has 0 unspecified atom stereocenters. The van der Waals surface area contributed by atoms with Crippen LogP contribution in [0.25, 0.3) is 0 Å². The summed E-state index contributed by atoms with van der Waals surface area (Å²) in [6, 6.07) is 0. The topological polar surface area (TPSA) is 68.2 Å². The van der Waals surface area contributed by atoms with Crippen LogP contribution in [0.15, 0.2) is 0 Å². The molecule has 0 bridgehead atoms. The van der Waals surface area contributed by atoms with Gasteiger partial charge in [0.05, 0.1) is 0 Å². The average molecular weight is 302 g/mol. The van der Waals surface area contributed by atoms with E-state index in [0.29, 0.717) is 25.7 Å². The molecular formula is C16H30O5. The van der Waals surface area contributed by atoms with Crippen molar-refractivity contribution < 1.29 is 25.0 Å². The lowest BCUT2D eigenvalue weighted by molar-refractivity contribution is -0.546. The highest BCUT2D eigenvalue weighted by Crippen LogP contribution is 2.34. The molecule has 0 aromatic heterocycles. The van der Waals surface area contributed by atoms with Crippen LogP contribution >= 0.6 is 0 Å². The van der Waals surface area contributed by atoms with Crippen LogP contribution < -0.4 is 0 Å². The van der Waals surface area contributed by atoms with Crippen molar-refractivity contribution in [2.45, 2.75) is 101 Å². The molecule has 0 amide bonds. The zero-order valence-corrected chi connectivity index (χ0v) is 13.0. The van der Waals surface area contributed by atoms with Crippen LogP contribution in [0, 0.1) is 0 Å². The van der Waals surface area contributed by atoms with Gasteiger partial charge in [-0.1, -0.05) is 38.5 Å². The largest absolute Gasteiger partial charge is 0.363 e.